The first-order valence-electron chi connectivity index (χ1n) is 5.75. The minimum absolute atomic E-state index is 0.320. The molecular formula is C14H18BrNO2. The Morgan fingerprint density at radius 1 is 1.44 bits per heavy atom. The van der Waals surface area contributed by atoms with Crippen LogP contribution in [0.2, 0.25) is 0 Å². The molecule has 1 aromatic rings. The molecule has 0 saturated heterocycles. The molecule has 0 radical (unpaired) electrons. The third-order valence-electron chi connectivity index (χ3n) is 2.44. The maximum atomic E-state index is 11.3. The average Bonchev–Trinajstić information content (AvgIpc) is 2.34. The largest absolute Gasteiger partial charge is 0.465 e. The van der Waals surface area contributed by atoms with E-state index >= 15 is 0 Å². The van der Waals surface area contributed by atoms with Crippen LogP contribution >= 0.6 is 15.9 Å². The highest BCUT2D eigenvalue weighted by Gasteiger charge is 2.07. The van der Waals surface area contributed by atoms with Crippen LogP contribution in [-0.2, 0) is 11.3 Å². The number of carbonyl (C=O) groups is 1. The number of ether oxygens (including phenoxy) is 1. The van der Waals surface area contributed by atoms with Gasteiger partial charge < -0.3 is 10.1 Å². The first-order valence-corrected chi connectivity index (χ1v) is 6.54. The lowest BCUT2D eigenvalue weighted by molar-refractivity contribution is 0.0600. The van der Waals surface area contributed by atoms with Gasteiger partial charge in [0.15, 0.2) is 0 Å². The van der Waals surface area contributed by atoms with Gasteiger partial charge in [-0.2, -0.15) is 0 Å². The molecule has 0 unspecified atom stereocenters. The van der Waals surface area contributed by atoms with Gasteiger partial charge in [0.05, 0.1) is 12.7 Å². The van der Waals surface area contributed by atoms with Crippen molar-refractivity contribution in [3.8, 4) is 0 Å². The van der Waals surface area contributed by atoms with Gasteiger partial charge in [0.2, 0.25) is 0 Å². The fourth-order valence-corrected chi connectivity index (χ4v) is 1.94. The number of esters is 1. The van der Waals surface area contributed by atoms with Crippen LogP contribution < -0.4 is 5.32 Å². The lowest BCUT2D eigenvalue weighted by atomic mass is 10.1. The molecule has 0 heterocycles. The maximum Gasteiger partial charge on any atom is 0.337 e. The van der Waals surface area contributed by atoms with E-state index in [0.29, 0.717) is 5.56 Å². The topological polar surface area (TPSA) is 38.3 Å². The first kappa shape index (κ1) is 14.9. The number of hydrogen-bond acceptors (Lipinski definition) is 3. The predicted molar refractivity (Wildman–Crippen MR) is 76.6 cm³/mol. The molecule has 0 bridgehead atoms. The van der Waals surface area contributed by atoms with Crippen LogP contribution in [-0.4, -0.2) is 19.6 Å². The monoisotopic (exact) mass is 311 g/mol. The summed E-state index contributed by atoms with van der Waals surface area (Å²) in [6.07, 6.45) is 2.14. The Morgan fingerprint density at radius 3 is 2.72 bits per heavy atom. The summed E-state index contributed by atoms with van der Waals surface area (Å²) in [5, 5.41) is 3.31. The number of nitrogens with one attached hydrogen (secondary N) is 1. The molecule has 4 heteroatoms. The van der Waals surface area contributed by atoms with Crippen molar-refractivity contribution in [2.45, 2.75) is 20.4 Å². The number of rotatable bonds is 5. The molecule has 0 spiro atoms. The molecule has 0 aliphatic rings. The molecule has 0 saturated carbocycles. The van der Waals surface area contributed by atoms with E-state index in [2.05, 4.69) is 45.9 Å². The molecule has 0 atom stereocenters. The van der Waals surface area contributed by atoms with Crippen molar-refractivity contribution in [2.75, 3.05) is 13.7 Å². The van der Waals surface area contributed by atoms with Crippen molar-refractivity contribution in [1.29, 1.82) is 0 Å². The van der Waals surface area contributed by atoms with Crippen molar-refractivity contribution in [3.05, 3.63) is 45.4 Å². The lowest BCUT2D eigenvalue weighted by Gasteiger charge is -2.07. The van der Waals surface area contributed by atoms with Crippen LogP contribution in [0.4, 0.5) is 0 Å². The van der Waals surface area contributed by atoms with Crippen LogP contribution in [0.3, 0.4) is 0 Å². The van der Waals surface area contributed by atoms with Crippen LogP contribution in [0.15, 0.2) is 34.3 Å². The Bertz CT molecular complexity index is 451. The van der Waals surface area contributed by atoms with Crippen LogP contribution in [0, 0.1) is 0 Å². The third-order valence-corrected chi connectivity index (χ3v) is 3.18. The van der Waals surface area contributed by atoms with Crippen molar-refractivity contribution in [3.63, 3.8) is 0 Å². The summed E-state index contributed by atoms with van der Waals surface area (Å²) >= 11 is 3.46. The molecule has 98 valence electrons. The smallest absolute Gasteiger partial charge is 0.337 e. The highest BCUT2D eigenvalue weighted by Crippen LogP contribution is 2.19. The second-order valence-corrected chi connectivity index (χ2v) is 5.06. The van der Waals surface area contributed by atoms with E-state index in [1.807, 2.05) is 6.07 Å². The minimum Gasteiger partial charge on any atom is -0.465 e. The molecule has 0 aromatic heterocycles. The Hall–Kier alpha value is -1.13. The SMILES string of the molecule is COC(=O)c1ccc(CNCC=C(C)C)c(Br)c1. The number of allylic oxidation sites excluding steroid dienone is 1. The van der Waals surface area contributed by atoms with Gasteiger partial charge in [-0.3, -0.25) is 0 Å². The quantitative estimate of drug-likeness (QED) is 0.515. The number of benzene rings is 1. The fourth-order valence-electron chi connectivity index (χ4n) is 1.42. The summed E-state index contributed by atoms with van der Waals surface area (Å²) in [6, 6.07) is 5.48. The van der Waals surface area contributed by atoms with E-state index < -0.39 is 0 Å². The van der Waals surface area contributed by atoms with Gasteiger partial charge in [-0.25, -0.2) is 4.79 Å². The zero-order valence-corrected chi connectivity index (χ0v) is 12.5. The number of carbonyl (C=O) groups excluding carboxylic acids is 1. The summed E-state index contributed by atoms with van der Waals surface area (Å²) in [5.41, 5.74) is 2.96. The Morgan fingerprint density at radius 2 is 2.17 bits per heavy atom. The lowest BCUT2D eigenvalue weighted by Crippen LogP contribution is -2.14. The molecule has 18 heavy (non-hydrogen) atoms. The van der Waals surface area contributed by atoms with Gasteiger partial charge in [0.1, 0.15) is 0 Å². The van der Waals surface area contributed by atoms with Gasteiger partial charge >= 0.3 is 5.97 Å². The van der Waals surface area contributed by atoms with Gasteiger partial charge in [-0.05, 0) is 31.5 Å². The van der Waals surface area contributed by atoms with E-state index in [1.165, 1.54) is 12.7 Å². The second-order valence-electron chi connectivity index (χ2n) is 4.21. The highest BCUT2D eigenvalue weighted by atomic mass is 79.9. The fraction of sp³-hybridized carbons (Fsp3) is 0.357. The van der Waals surface area contributed by atoms with E-state index in [1.54, 1.807) is 12.1 Å². The van der Waals surface area contributed by atoms with Crippen molar-refractivity contribution >= 4 is 21.9 Å². The standard InChI is InChI=1S/C14H18BrNO2/c1-10(2)6-7-16-9-12-5-4-11(8-13(12)15)14(17)18-3/h4-6,8,16H,7,9H2,1-3H3. The highest BCUT2D eigenvalue weighted by molar-refractivity contribution is 9.10. The van der Waals surface area contributed by atoms with Gasteiger partial charge in [0, 0.05) is 17.6 Å². The molecule has 0 aliphatic heterocycles. The van der Waals surface area contributed by atoms with Crippen molar-refractivity contribution < 1.29 is 9.53 Å². The van der Waals surface area contributed by atoms with E-state index in [9.17, 15) is 4.79 Å². The van der Waals surface area contributed by atoms with E-state index in [4.69, 9.17) is 0 Å². The Kier molecular flexibility index (Phi) is 6.09. The van der Waals surface area contributed by atoms with E-state index in [0.717, 1.165) is 23.1 Å². The van der Waals surface area contributed by atoms with Crippen LogP contribution in [0.25, 0.3) is 0 Å². The summed E-state index contributed by atoms with van der Waals surface area (Å²) in [6.45, 7) is 5.74. The summed E-state index contributed by atoms with van der Waals surface area (Å²) in [5.74, 6) is -0.320. The molecule has 1 aromatic carbocycles. The molecular weight excluding hydrogens is 294 g/mol. The number of halogens is 1. The third kappa shape index (κ3) is 4.63. The summed E-state index contributed by atoms with van der Waals surface area (Å²) in [4.78, 5) is 11.3. The Labute approximate surface area is 116 Å². The second kappa shape index (κ2) is 7.34. The zero-order valence-electron chi connectivity index (χ0n) is 10.9. The molecule has 0 fully saturated rings. The first-order chi connectivity index (χ1) is 8.54. The van der Waals surface area contributed by atoms with Gasteiger partial charge in [-0.1, -0.05) is 33.6 Å². The number of hydrogen-bond donors (Lipinski definition) is 1. The molecule has 1 rings (SSSR count). The summed E-state index contributed by atoms with van der Waals surface area (Å²) < 4.78 is 5.58. The van der Waals surface area contributed by atoms with Gasteiger partial charge in [0.25, 0.3) is 0 Å². The van der Waals surface area contributed by atoms with Crippen LogP contribution in [0.1, 0.15) is 29.8 Å². The van der Waals surface area contributed by atoms with Crippen molar-refractivity contribution in [1.82, 2.24) is 5.32 Å². The molecule has 0 aliphatic carbocycles. The maximum absolute atomic E-state index is 11.3. The zero-order chi connectivity index (χ0) is 13.5. The minimum atomic E-state index is -0.320. The molecule has 0 amide bonds. The molecule has 3 nitrogen and oxygen atoms in total. The van der Waals surface area contributed by atoms with Gasteiger partial charge in [-0.15, -0.1) is 0 Å². The average molecular weight is 312 g/mol. The van der Waals surface area contributed by atoms with Crippen LogP contribution in [0.5, 0.6) is 0 Å². The summed E-state index contributed by atoms with van der Waals surface area (Å²) in [7, 11) is 1.38. The normalized spacial score (nSPS) is 10.0. The predicted octanol–water partition coefficient (Wildman–Crippen LogP) is 3.29. The number of methoxy groups -OCH3 is 1. The van der Waals surface area contributed by atoms with Crippen molar-refractivity contribution in [2.24, 2.45) is 0 Å². The molecule has 1 N–H and O–H groups in total. The Balaban J connectivity index is 2.63. The van der Waals surface area contributed by atoms with E-state index in [-0.39, 0.29) is 5.97 Å².